The van der Waals surface area contributed by atoms with E-state index in [1.165, 1.54) is 0 Å². The first kappa shape index (κ1) is 10.1. The second-order valence-corrected chi connectivity index (χ2v) is 3.20. The summed E-state index contributed by atoms with van der Waals surface area (Å²) in [6.07, 6.45) is 0.745. The van der Waals surface area contributed by atoms with Crippen molar-refractivity contribution >= 4 is 11.7 Å². The van der Waals surface area contributed by atoms with Crippen molar-refractivity contribution in [2.75, 3.05) is 13.1 Å². The Morgan fingerprint density at radius 3 is 3.00 bits per heavy atom. The van der Waals surface area contributed by atoms with Crippen molar-refractivity contribution in [2.24, 2.45) is 5.73 Å². The Labute approximate surface area is 77.1 Å². The van der Waals surface area contributed by atoms with E-state index < -0.39 is 5.66 Å². The van der Waals surface area contributed by atoms with E-state index in [0.717, 1.165) is 0 Å². The van der Waals surface area contributed by atoms with Gasteiger partial charge in [0.05, 0.1) is 6.54 Å². The van der Waals surface area contributed by atoms with Gasteiger partial charge in [0.25, 0.3) is 0 Å². The monoisotopic (exact) mass is 185 g/mol. The Bertz CT molecular complexity index is 229. The molecule has 1 rings (SSSR count). The fourth-order valence-electron chi connectivity index (χ4n) is 1.30. The fourth-order valence-corrected chi connectivity index (χ4v) is 1.30. The summed E-state index contributed by atoms with van der Waals surface area (Å²) in [5, 5.41) is 5.49. The minimum Gasteiger partial charge on any atom is -0.352 e. The third-order valence-electron chi connectivity index (χ3n) is 2.18. The van der Waals surface area contributed by atoms with Crippen LogP contribution in [0.2, 0.25) is 0 Å². The maximum Gasteiger partial charge on any atom is 0.221 e. The van der Waals surface area contributed by atoms with Crippen LogP contribution in [0.4, 0.5) is 0 Å². The topological polar surface area (TPSA) is 84.2 Å². The number of hydrogen-bond acceptors (Lipinski definition) is 4. The molecule has 1 aliphatic heterocycles. The molecule has 1 fully saturated rings. The molecule has 0 aromatic heterocycles. The van der Waals surface area contributed by atoms with Crippen LogP contribution >= 0.6 is 0 Å². The largest absolute Gasteiger partial charge is 0.352 e. The highest BCUT2D eigenvalue weighted by molar-refractivity contribution is 5.89. The van der Waals surface area contributed by atoms with Gasteiger partial charge < -0.3 is 11.1 Å². The SMILES string of the molecule is CCC(=O)C1(N)CNC(=O)CCN1. The fraction of sp³-hybridized carbons (Fsp3) is 0.750. The maximum absolute atomic E-state index is 11.4. The Kier molecular flexibility index (Phi) is 3.00. The molecule has 1 amide bonds. The molecular formula is C8H15N3O2. The van der Waals surface area contributed by atoms with Crippen molar-refractivity contribution in [3.63, 3.8) is 0 Å². The number of rotatable bonds is 2. The molecular weight excluding hydrogens is 170 g/mol. The first-order valence-corrected chi connectivity index (χ1v) is 4.42. The summed E-state index contributed by atoms with van der Waals surface area (Å²) in [6.45, 7) is 2.39. The van der Waals surface area contributed by atoms with Crippen LogP contribution in [0.3, 0.4) is 0 Å². The van der Waals surface area contributed by atoms with Crippen LogP contribution in [0.5, 0.6) is 0 Å². The Morgan fingerprint density at radius 2 is 2.38 bits per heavy atom. The van der Waals surface area contributed by atoms with Crippen molar-refractivity contribution < 1.29 is 9.59 Å². The highest BCUT2D eigenvalue weighted by Gasteiger charge is 2.33. The summed E-state index contributed by atoms with van der Waals surface area (Å²) >= 11 is 0. The zero-order valence-corrected chi connectivity index (χ0v) is 7.72. The van der Waals surface area contributed by atoms with Gasteiger partial charge in [-0.2, -0.15) is 0 Å². The predicted molar refractivity (Wildman–Crippen MR) is 47.8 cm³/mol. The first-order valence-electron chi connectivity index (χ1n) is 4.42. The number of amides is 1. The molecule has 0 bridgehead atoms. The molecule has 74 valence electrons. The van der Waals surface area contributed by atoms with E-state index >= 15 is 0 Å². The standard InChI is InChI=1S/C8H15N3O2/c1-2-6(12)8(9)5-10-7(13)3-4-11-8/h11H,2-5,9H2,1H3,(H,10,13). The van der Waals surface area contributed by atoms with Crippen molar-refractivity contribution in [3.05, 3.63) is 0 Å². The molecule has 0 aliphatic carbocycles. The molecule has 5 heteroatoms. The molecule has 0 spiro atoms. The molecule has 1 atom stereocenters. The molecule has 0 saturated carbocycles. The van der Waals surface area contributed by atoms with Crippen LogP contribution in [-0.2, 0) is 9.59 Å². The summed E-state index contributed by atoms with van der Waals surface area (Å²) in [4.78, 5) is 22.4. The minimum atomic E-state index is -1.07. The molecule has 1 unspecified atom stereocenters. The van der Waals surface area contributed by atoms with Gasteiger partial charge in [0.2, 0.25) is 5.91 Å². The van der Waals surface area contributed by atoms with Gasteiger partial charge in [0.1, 0.15) is 5.66 Å². The Morgan fingerprint density at radius 1 is 1.69 bits per heavy atom. The maximum atomic E-state index is 11.4. The molecule has 0 aromatic rings. The molecule has 5 nitrogen and oxygen atoms in total. The number of carbonyl (C=O) groups is 2. The van der Waals surface area contributed by atoms with Gasteiger partial charge in [-0.1, -0.05) is 6.92 Å². The van der Waals surface area contributed by atoms with Gasteiger partial charge in [-0.25, -0.2) is 0 Å². The number of carbonyl (C=O) groups excluding carboxylic acids is 2. The predicted octanol–water partition coefficient (Wildman–Crippen LogP) is -1.27. The van der Waals surface area contributed by atoms with Gasteiger partial charge in [0.15, 0.2) is 5.78 Å². The molecule has 1 aliphatic rings. The number of Topliss-reactive ketones (excluding diaryl/α,β-unsaturated/α-hetero) is 1. The number of ketones is 1. The van der Waals surface area contributed by atoms with Gasteiger partial charge >= 0.3 is 0 Å². The summed E-state index contributed by atoms with van der Waals surface area (Å²) in [6, 6.07) is 0. The van der Waals surface area contributed by atoms with Gasteiger partial charge in [-0.15, -0.1) is 0 Å². The summed E-state index contributed by atoms with van der Waals surface area (Å²) < 4.78 is 0. The van der Waals surface area contributed by atoms with Crippen LogP contribution in [-0.4, -0.2) is 30.4 Å². The minimum absolute atomic E-state index is 0.0660. The quantitative estimate of drug-likeness (QED) is 0.501. The smallest absolute Gasteiger partial charge is 0.221 e. The van der Waals surface area contributed by atoms with Crippen LogP contribution in [0.1, 0.15) is 19.8 Å². The lowest BCUT2D eigenvalue weighted by Crippen LogP contribution is -2.63. The third kappa shape index (κ3) is 2.26. The zero-order chi connectivity index (χ0) is 9.90. The van der Waals surface area contributed by atoms with E-state index in [4.69, 9.17) is 5.73 Å². The summed E-state index contributed by atoms with van der Waals surface area (Å²) in [7, 11) is 0. The lowest BCUT2D eigenvalue weighted by atomic mass is 10.0. The van der Waals surface area contributed by atoms with E-state index in [1.807, 2.05) is 0 Å². The lowest BCUT2D eigenvalue weighted by molar-refractivity contribution is -0.125. The van der Waals surface area contributed by atoms with Crippen molar-refractivity contribution in [3.8, 4) is 0 Å². The summed E-state index contributed by atoms with van der Waals surface area (Å²) in [5.41, 5.74) is 4.73. The Balaban J connectivity index is 2.67. The summed E-state index contributed by atoms with van der Waals surface area (Å²) in [5.74, 6) is -0.140. The molecule has 1 saturated heterocycles. The second kappa shape index (κ2) is 3.85. The van der Waals surface area contributed by atoms with E-state index in [-0.39, 0.29) is 18.2 Å². The number of nitrogens with two attached hydrogens (primary N) is 1. The van der Waals surface area contributed by atoms with Crippen LogP contribution < -0.4 is 16.4 Å². The number of hydrogen-bond donors (Lipinski definition) is 3. The van der Waals surface area contributed by atoms with Crippen LogP contribution in [0.25, 0.3) is 0 Å². The lowest BCUT2D eigenvalue weighted by Gasteiger charge is -2.26. The van der Waals surface area contributed by atoms with Gasteiger partial charge in [-0.05, 0) is 0 Å². The van der Waals surface area contributed by atoms with E-state index in [0.29, 0.717) is 19.4 Å². The average molecular weight is 185 g/mol. The van der Waals surface area contributed by atoms with Crippen molar-refractivity contribution in [1.29, 1.82) is 0 Å². The molecule has 4 N–H and O–H groups in total. The molecule has 0 aromatic carbocycles. The normalized spacial score (nSPS) is 29.2. The molecule has 0 radical (unpaired) electrons. The number of nitrogens with one attached hydrogen (secondary N) is 2. The van der Waals surface area contributed by atoms with E-state index in [1.54, 1.807) is 6.92 Å². The van der Waals surface area contributed by atoms with E-state index in [2.05, 4.69) is 10.6 Å². The van der Waals surface area contributed by atoms with Crippen molar-refractivity contribution in [1.82, 2.24) is 10.6 Å². The average Bonchev–Trinajstić information content (AvgIpc) is 2.28. The highest BCUT2D eigenvalue weighted by Crippen LogP contribution is 2.03. The molecule has 1 heterocycles. The van der Waals surface area contributed by atoms with Crippen molar-refractivity contribution in [2.45, 2.75) is 25.4 Å². The van der Waals surface area contributed by atoms with Gasteiger partial charge in [-0.3, -0.25) is 14.9 Å². The second-order valence-electron chi connectivity index (χ2n) is 3.20. The third-order valence-corrected chi connectivity index (χ3v) is 2.18. The van der Waals surface area contributed by atoms with Crippen LogP contribution in [0, 0.1) is 0 Å². The highest BCUT2D eigenvalue weighted by atomic mass is 16.2. The molecule has 13 heavy (non-hydrogen) atoms. The van der Waals surface area contributed by atoms with E-state index in [9.17, 15) is 9.59 Å². The Hall–Kier alpha value is -0.940. The first-order chi connectivity index (χ1) is 6.08. The van der Waals surface area contributed by atoms with Crippen LogP contribution in [0.15, 0.2) is 0 Å². The zero-order valence-electron chi connectivity index (χ0n) is 7.72. The van der Waals surface area contributed by atoms with Gasteiger partial charge in [0, 0.05) is 19.4 Å².